The molecule has 1 atom stereocenters. The van der Waals surface area contributed by atoms with E-state index in [1.54, 1.807) is 7.11 Å². The molecule has 0 spiro atoms. The zero-order valence-corrected chi connectivity index (χ0v) is 12.2. The highest BCUT2D eigenvalue weighted by molar-refractivity contribution is 5.77. The van der Waals surface area contributed by atoms with E-state index in [2.05, 4.69) is 4.90 Å². The molecule has 4 nitrogen and oxygen atoms in total. The van der Waals surface area contributed by atoms with Crippen molar-refractivity contribution >= 4 is 5.97 Å². The molecule has 4 heteroatoms. The molecular weight excluding hydrogens is 254 g/mol. The summed E-state index contributed by atoms with van der Waals surface area (Å²) in [4.78, 5) is 14.5. The van der Waals surface area contributed by atoms with E-state index in [-0.39, 0.29) is 12.0 Å². The van der Waals surface area contributed by atoms with Crippen molar-refractivity contribution in [2.75, 3.05) is 26.8 Å². The van der Waals surface area contributed by atoms with Crippen molar-refractivity contribution in [3.8, 4) is 0 Å². The Morgan fingerprint density at radius 2 is 1.95 bits per heavy atom. The Hall–Kier alpha value is -1.39. The number of ether oxygens (including phenoxy) is 2. The molecule has 20 heavy (non-hydrogen) atoms. The molecule has 1 unspecified atom stereocenters. The van der Waals surface area contributed by atoms with Gasteiger partial charge in [-0.25, -0.2) is 4.79 Å². The number of methoxy groups -OCH3 is 1. The minimum absolute atomic E-state index is 0.158. The molecule has 1 fully saturated rings. The van der Waals surface area contributed by atoms with Gasteiger partial charge >= 0.3 is 5.97 Å². The van der Waals surface area contributed by atoms with Crippen molar-refractivity contribution in [3.63, 3.8) is 0 Å². The van der Waals surface area contributed by atoms with E-state index >= 15 is 0 Å². The summed E-state index contributed by atoms with van der Waals surface area (Å²) in [5.74, 6) is -0.158. The van der Waals surface area contributed by atoms with E-state index in [1.807, 2.05) is 37.3 Å². The fraction of sp³-hybridized carbons (Fsp3) is 0.562. The van der Waals surface area contributed by atoms with Gasteiger partial charge in [0.05, 0.1) is 12.7 Å². The number of carbonyl (C=O) groups excluding carboxylic acids is 1. The van der Waals surface area contributed by atoms with Gasteiger partial charge < -0.3 is 9.47 Å². The van der Waals surface area contributed by atoms with Gasteiger partial charge in [0.25, 0.3) is 0 Å². The zero-order chi connectivity index (χ0) is 14.4. The molecule has 1 heterocycles. The monoisotopic (exact) mass is 277 g/mol. The Morgan fingerprint density at radius 3 is 2.50 bits per heavy atom. The second kappa shape index (κ2) is 7.41. The summed E-state index contributed by atoms with van der Waals surface area (Å²) in [7, 11) is 1.75. The zero-order valence-electron chi connectivity index (χ0n) is 12.2. The smallest absolute Gasteiger partial charge is 0.327 e. The van der Waals surface area contributed by atoms with Gasteiger partial charge in [-0.05, 0) is 25.3 Å². The number of carbonyl (C=O) groups is 1. The fourth-order valence-electron chi connectivity index (χ4n) is 2.72. The lowest BCUT2D eigenvalue weighted by molar-refractivity contribution is -0.151. The summed E-state index contributed by atoms with van der Waals surface area (Å²) in [6.45, 7) is 3.97. The molecule has 0 bridgehead atoms. The quantitative estimate of drug-likeness (QED) is 0.775. The van der Waals surface area contributed by atoms with Gasteiger partial charge in [-0.1, -0.05) is 30.3 Å². The molecule has 0 aromatic heterocycles. The maximum absolute atomic E-state index is 12.3. The number of piperidine rings is 1. The highest BCUT2D eigenvalue weighted by Gasteiger charge is 2.31. The molecule has 0 aliphatic carbocycles. The first-order valence-corrected chi connectivity index (χ1v) is 7.24. The van der Waals surface area contributed by atoms with Crippen molar-refractivity contribution in [2.24, 2.45) is 0 Å². The van der Waals surface area contributed by atoms with Gasteiger partial charge in [0.1, 0.15) is 6.04 Å². The third-order valence-electron chi connectivity index (χ3n) is 3.80. The fourth-order valence-corrected chi connectivity index (χ4v) is 2.72. The average molecular weight is 277 g/mol. The van der Waals surface area contributed by atoms with Crippen LogP contribution in [0.4, 0.5) is 0 Å². The molecule has 1 aromatic carbocycles. The number of esters is 1. The number of hydrogen-bond donors (Lipinski definition) is 0. The van der Waals surface area contributed by atoms with Gasteiger partial charge in [-0.15, -0.1) is 0 Å². The van der Waals surface area contributed by atoms with Gasteiger partial charge in [0.15, 0.2) is 0 Å². The second-order valence-corrected chi connectivity index (χ2v) is 5.04. The molecule has 1 aliphatic heterocycles. The summed E-state index contributed by atoms with van der Waals surface area (Å²) in [5, 5.41) is 0. The number of nitrogens with zero attached hydrogens (tertiary/aromatic N) is 1. The van der Waals surface area contributed by atoms with Crippen molar-refractivity contribution in [2.45, 2.75) is 31.9 Å². The van der Waals surface area contributed by atoms with Crippen LogP contribution in [0.5, 0.6) is 0 Å². The summed E-state index contributed by atoms with van der Waals surface area (Å²) in [6.07, 6.45) is 2.23. The maximum Gasteiger partial charge on any atom is 0.327 e. The minimum atomic E-state index is -0.297. The SMILES string of the molecule is CCOC(=O)C(c1ccccc1)N1CCC(OC)CC1. The van der Waals surface area contributed by atoms with Crippen LogP contribution in [-0.4, -0.2) is 43.8 Å². The molecule has 1 aromatic rings. The lowest BCUT2D eigenvalue weighted by Gasteiger charge is -2.36. The number of benzene rings is 1. The standard InChI is InChI=1S/C16H23NO3/c1-3-20-16(18)15(13-7-5-4-6-8-13)17-11-9-14(19-2)10-12-17/h4-8,14-15H,3,9-12H2,1-2H3. The summed E-state index contributed by atoms with van der Waals surface area (Å²) in [6, 6.07) is 9.57. The van der Waals surface area contributed by atoms with Gasteiger partial charge in [0.2, 0.25) is 0 Å². The van der Waals surface area contributed by atoms with E-state index in [0.717, 1.165) is 31.5 Å². The lowest BCUT2D eigenvalue weighted by atomic mass is 10.0. The van der Waals surface area contributed by atoms with Crippen LogP contribution < -0.4 is 0 Å². The van der Waals surface area contributed by atoms with Crippen LogP contribution in [0, 0.1) is 0 Å². The van der Waals surface area contributed by atoms with Crippen LogP contribution in [0.1, 0.15) is 31.4 Å². The van der Waals surface area contributed by atoms with Crippen LogP contribution >= 0.6 is 0 Å². The third kappa shape index (κ3) is 3.58. The molecule has 0 radical (unpaired) electrons. The number of likely N-dealkylation sites (tertiary alicyclic amines) is 1. The van der Waals surface area contributed by atoms with Gasteiger partial charge in [-0.3, -0.25) is 4.90 Å². The van der Waals surface area contributed by atoms with E-state index in [9.17, 15) is 4.79 Å². The first kappa shape index (κ1) is 15.0. The molecule has 0 N–H and O–H groups in total. The van der Waals surface area contributed by atoms with Crippen LogP contribution in [0.15, 0.2) is 30.3 Å². The van der Waals surface area contributed by atoms with E-state index in [4.69, 9.17) is 9.47 Å². The number of rotatable bonds is 5. The van der Waals surface area contributed by atoms with Crippen LogP contribution in [-0.2, 0) is 14.3 Å². The Morgan fingerprint density at radius 1 is 1.30 bits per heavy atom. The van der Waals surface area contributed by atoms with E-state index in [1.165, 1.54) is 0 Å². The first-order valence-electron chi connectivity index (χ1n) is 7.24. The van der Waals surface area contributed by atoms with Crippen LogP contribution in [0.3, 0.4) is 0 Å². The molecule has 2 rings (SSSR count). The highest BCUT2D eigenvalue weighted by Crippen LogP contribution is 2.26. The Bertz CT molecular complexity index is 413. The summed E-state index contributed by atoms with van der Waals surface area (Å²) >= 11 is 0. The maximum atomic E-state index is 12.3. The predicted molar refractivity (Wildman–Crippen MR) is 77.4 cm³/mol. The van der Waals surface area contributed by atoms with Crippen molar-refractivity contribution in [3.05, 3.63) is 35.9 Å². The molecule has 0 saturated carbocycles. The largest absolute Gasteiger partial charge is 0.465 e. The van der Waals surface area contributed by atoms with E-state index < -0.39 is 0 Å². The van der Waals surface area contributed by atoms with E-state index in [0.29, 0.717) is 12.7 Å². The topological polar surface area (TPSA) is 38.8 Å². The van der Waals surface area contributed by atoms with Crippen molar-refractivity contribution in [1.29, 1.82) is 0 Å². The molecule has 1 aliphatic rings. The predicted octanol–water partition coefficient (Wildman–Crippen LogP) is 2.40. The molecule has 1 saturated heterocycles. The minimum Gasteiger partial charge on any atom is -0.465 e. The van der Waals surface area contributed by atoms with Gasteiger partial charge in [0, 0.05) is 20.2 Å². The third-order valence-corrected chi connectivity index (χ3v) is 3.80. The van der Waals surface area contributed by atoms with Crippen molar-refractivity contribution in [1.82, 2.24) is 4.90 Å². The molecular formula is C16H23NO3. The molecule has 110 valence electrons. The summed E-state index contributed by atoms with van der Waals surface area (Å²) in [5.41, 5.74) is 1.00. The Balaban J connectivity index is 2.13. The normalized spacial score (nSPS) is 18.7. The number of hydrogen-bond acceptors (Lipinski definition) is 4. The second-order valence-electron chi connectivity index (χ2n) is 5.04. The lowest BCUT2D eigenvalue weighted by Crippen LogP contribution is -2.42. The Labute approximate surface area is 120 Å². The van der Waals surface area contributed by atoms with Crippen LogP contribution in [0.2, 0.25) is 0 Å². The summed E-state index contributed by atoms with van der Waals surface area (Å²) < 4.78 is 10.6. The highest BCUT2D eigenvalue weighted by atomic mass is 16.5. The van der Waals surface area contributed by atoms with Crippen molar-refractivity contribution < 1.29 is 14.3 Å². The first-order chi connectivity index (χ1) is 9.76. The average Bonchev–Trinajstić information content (AvgIpc) is 2.50. The van der Waals surface area contributed by atoms with Crippen LogP contribution in [0.25, 0.3) is 0 Å². The van der Waals surface area contributed by atoms with Gasteiger partial charge in [-0.2, -0.15) is 0 Å². The molecule has 0 amide bonds. The Kier molecular flexibility index (Phi) is 5.56.